The van der Waals surface area contributed by atoms with Gasteiger partial charge in [0.2, 0.25) is 0 Å². The van der Waals surface area contributed by atoms with Crippen molar-refractivity contribution < 1.29 is 0 Å². The van der Waals surface area contributed by atoms with E-state index in [4.69, 9.17) is 11.6 Å². The highest BCUT2D eigenvalue weighted by molar-refractivity contribution is 8.01. The fraction of sp³-hybridized carbons (Fsp3) is 0.500. The van der Waals surface area contributed by atoms with Crippen molar-refractivity contribution in [1.82, 2.24) is 5.32 Å². The van der Waals surface area contributed by atoms with Gasteiger partial charge >= 0.3 is 0 Å². The van der Waals surface area contributed by atoms with Crippen molar-refractivity contribution in [2.45, 2.75) is 15.9 Å². The molecule has 1 unspecified atom stereocenters. The van der Waals surface area contributed by atoms with Crippen molar-refractivity contribution >= 4 is 34.7 Å². The highest BCUT2D eigenvalue weighted by Gasteiger charge is 2.16. The summed E-state index contributed by atoms with van der Waals surface area (Å²) in [5, 5.41) is 4.10. The Hall–Kier alpha value is 0.300. The topological polar surface area (TPSA) is 12.0 Å². The highest BCUT2D eigenvalue weighted by atomic mass is 35.5. The van der Waals surface area contributed by atoms with Crippen LogP contribution in [0.15, 0.2) is 16.3 Å². The van der Waals surface area contributed by atoms with Gasteiger partial charge in [0.1, 0.15) is 0 Å². The van der Waals surface area contributed by atoms with Gasteiger partial charge in [-0.05, 0) is 25.1 Å². The van der Waals surface area contributed by atoms with Crippen LogP contribution in [0.25, 0.3) is 0 Å². The largest absolute Gasteiger partial charge is 0.316 e. The van der Waals surface area contributed by atoms with Gasteiger partial charge in [0.25, 0.3) is 0 Å². The summed E-state index contributed by atoms with van der Waals surface area (Å²) < 4.78 is 2.23. The number of nitrogens with one attached hydrogen (secondary N) is 1. The molecule has 1 nitrogen and oxygen atoms in total. The third-order valence-corrected chi connectivity index (χ3v) is 4.52. The third kappa shape index (κ3) is 2.16. The van der Waals surface area contributed by atoms with E-state index in [1.165, 1.54) is 10.6 Å². The lowest BCUT2D eigenvalue weighted by Gasteiger charge is -2.03. The van der Waals surface area contributed by atoms with Crippen molar-refractivity contribution in [2.75, 3.05) is 13.1 Å². The molecule has 0 aliphatic carbocycles. The number of halogens is 1. The normalized spacial score (nSPS) is 23.2. The minimum Gasteiger partial charge on any atom is -0.316 e. The average molecular weight is 220 g/mol. The summed E-state index contributed by atoms with van der Waals surface area (Å²) in [6.07, 6.45) is 1.28. The Bertz CT molecular complexity index is 255. The molecule has 12 heavy (non-hydrogen) atoms. The van der Waals surface area contributed by atoms with E-state index >= 15 is 0 Å². The highest BCUT2D eigenvalue weighted by Crippen LogP contribution is 2.34. The SMILES string of the molecule is Clc1ccc(SC2CCNC2)s1. The third-order valence-electron chi connectivity index (χ3n) is 1.85. The molecule has 1 N–H and O–H groups in total. The van der Waals surface area contributed by atoms with Crippen LogP contribution in [-0.4, -0.2) is 18.3 Å². The quantitative estimate of drug-likeness (QED) is 0.821. The van der Waals surface area contributed by atoms with Crippen molar-refractivity contribution in [3.05, 3.63) is 16.5 Å². The number of thiophene rings is 1. The van der Waals surface area contributed by atoms with Crippen LogP contribution in [0.1, 0.15) is 6.42 Å². The zero-order valence-electron chi connectivity index (χ0n) is 6.55. The summed E-state index contributed by atoms with van der Waals surface area (Å²) in [6, 6.07) is 4.08. The standard InChI is InChI=1S/C8H10ClNS2/c9-7-1-2-8(12-7)11-6-3-4-10-5-6/h1-2,6,10H,3-5H2. The Kier molecular flexibility index (Phi) is 2.96. The van der Waals surface area contributed by atoms with Gasteiger partial charge in [-0.25, -0.2) is 0 Å². The Morgan fingerprint density at radius 2 is 2.50 bits per heavy atom. The summed E-state index contributed by atoms with van der Waals surface area (Å²) in [6.45, 7) is 2.30. The summed E-state index contributed by atoms with van der Waals surface area (Å²) in [5.41, 5.74) is 0. The van der Waals surface area contributed by atoms with Crippen LogP contribution in [-0.2, 0) is 0 Å². The van der Waals surface area contributed by atoms with Crippen molar-refractivity contribution in [3.8, 4) is 0 Å². The van der Waals surface area contributed by atoms with E-state index in [1.54, 1.807) is 11.3 Å². The second-order valence-corrected chi connectivity index (χ2v) is 6.11. The van der Waals surface area contributed by atoms with Crippen LogP contribution < -0.4 is 5.32 Å². The molecule has 2 heterocycles. The van der Waals surface area contributed by atoms with E-state index in [2.05, 4.69) is 11.4 Å². The van der Waals surface area contributed by atoms with Crippen LogP contribution in [0.4, 0.5) is 0 Å². The van der Waals surface area contributed by atoms with E-state index in [-0.39, 0.29) is 0 Å². The molecule has 0 radical (unpaired) electrons. The van der Waals surface area contributed by atoms with Crippen LogP contribution in [0.3, 0.4) is 0 Å². The first-order valence-corrected chi connectivity index (χ1v) is 6.05. The smallest absolute Gasteiger partial charge is 0.0940 e. The number of hydrogen-bond acceptors (Lipinski definition) is 3. The zero-order chi connectivity index (χ0) is 8.39. The van der Waals surface area contributed by atoms with Crippen LogP contribution in [0.5, 0.6) is 0 Å². The molecule has 1 atom stereocenters. The first kappa shape index (κ1) is 8.88. The number of thioether (sulfide) groups is 1. The fourth-order valence-electron chi connectivity index (χ4n) is 1.25. The minimum absolute atomic E-state index is 0.750. The lowest BCUT2D eigenvalue weighted by Crippen LogP contribution is -2.09. The summed E-state index contributed by atoms with van der Waals surface area (Å²) >= 11 is 9.45. The Labute approximate surface area is 85.5 Å². The molecular formula is C8H10ClNS2. The van der Waals surface area contributed by atoms with E-state index < -0.39 is 0 Å². The van der Waals surface area contributed by atoms with E-state index in [0.717, 1.165) is 22.7 Å². The molecular weight excluding hydrogens is 210 g/mol. The maximum atomic E-state index is 5.84. The first-order valence-electron chi connectivity index (χ1n) is 3.97. The van der Waals surface area contributed by atoms with Gasteiger partial charge in [-0.1, -0.05) is 11.6 Å². The molecule has 4 heteroatoms. The van der Waals surface area contributed by atoms with Crippen molar-refractivity contribution in [2.24, 2.45) is 0 Å². The predicted octanol–water partition coefficient (Wildman–Crippen LogP) is 2.86. The van der Waals surface area contributed by atoms with Gasteiger partial charge in [0.15, 0.2) is 0 Å². The fourth-order valence-corrected chi connectivity index (χ4v) is 3.95. The first-order chi connectivity index (χ1) is 5.84. The molecule has 1 aromatic rings. The Morgan fingerprint density at radius 3 is 3.08 bits per heavy atom. The number of rotatable bonds is 2. The van der Waals surface area contributed by atoms with Crippen LogP contribution in [0, 0.1) is 0 Å². The number of hydrogen-bond donors (Lipinski definition) is 1. The predicted molar refractivity (Wildman–Crippen MR) is 56.5 cm³/mol. The minimum atomic E-state index is 0.750. The van der Waals surface area contributed by atoms with Crippen LogP contribution in [0.2, 0.25) is 4.34 Å². The van der Waals surface area contributed by atoms with Gasteiger partial charge in [-0.15, -0.1) is 23.1 Å². The van der Waals surface area contributed by atoms with Gasteiger partial charge in [-0.3, -0.25) is 0 Å². The van der Waals surface area contributed by atoms with Crippen LogP contribution >= 0.6 is 34.7 Å². The Balaban J connectivity index is 1.94. The molecule has 0 spiro atoms. The van der Waals surface area contributed by atoms with Gasteiger partial charge in [0.05, 0.1) is 8.55 Å². The molecule has 1 fully saturated rings. The van der Waals surface area contributed by atoms with Gasteiger partial charge in [-0.2, -0.15) is 0 Å². The molecule has 1 aliphatic heterocycles. The molecule has 0 bridgehead atoms. The van der Waals surface area contributed by atoms with Gasteiger partial charge in [0, 0.05) is 11.8 Å². The van der Waals surface area contributed by atoms with E-state index in [0.29, 0.717) is 0 Å². The lowest BCUT2D eigenvalue weighted by atomic mass is 10.4. The Morgan fingerprint density at radius 1 is 1.58 bits per heavy atom. The van der Waals surface area contributed by atoms with E-state index in [9.17, 15) is 0 Å². The monoisotopic (exact) mass is 219 g/mol. The molecule has 66 valence electrons. The maximum Gasteiger partial charge on any atom is 0.0940 e. The maximum absolute atomic E-state index is 5.84. The summed E-state index contributed by atoms with van der Waals surface area (Å²) in [4.78, 5) is 0. The second-order valence-electron chi connectivity index (χ2n) is 2.79. The molecule has 1 saturated heterocycles. The summed E-state index contributed by atoms with van der Waals surface area (Å²) in [5.74, 6) is 0. The molecule has 0 saturated carbocycles. The zero-order valence-corrected chi connectivity index (χ0v) is 8.94. The molecule has 0 amide bonds. The van der Waals surface area contributed by atoms with Gasteiger partial charge < -0.3 is 5.32 Å². The second kappa shape index (κ2) is 4.01. The van der Waals surface area contributed by atoms with Crippen molar-refractivity contribution in [1.29, 1.82) is 0 Å². The molecule has 1 aromatic heterocycles. The van der Waals surface area contributed by atoms with Crippen molar-refractivity contribution in [3.63, 3.8) is 0 Å². The van der Waals surface area contributed by atoms with E-state index in [1.807, 2.05) is 17.8 Å². The molecule has 2 rings (SSSR count). The molecule has 1 aliphatic rings. The average Bonchev–Trinajstić information content (AvgIpc) is 2.63. The lowest BCUT2D eigenvalue weighted by molar-refractivity contribution is 0.858. The summed E-state index contributed by atoms with van der Waals surface area (Å²) in [7, 11) is 0. The molecule has 0 aromatic carbocycles.